The minimum absolute atomic E-state index is 0.0322. The second kappa shape index (κ2) is 9.86. The zero-order chi connectivity index (χ0) is 21.7. The third-order valence-electron chi connectivity index (χ3n) is 5.17. The van der Waals surface area contributed by atoms with E-state index in [1.165, 1.54) is 32.4 Å². The Morgan fingerprint density at radius 3 is 2.33 bits per heavy atom. The molecule has 0 aromatic heterocycles. The molecule has 3 rings (SSSR count). The van der Waals surface area contributed by atoms with Crippen molar-refractivity contribution in [1.82, 2.24) is 9.80 Å². The van der Waals surface area contributed by atoms with Crippen molar-refractivity contribution in [3.05, 3.63) is 29.3 Å². The van der Waals surface area contributed by atoms with Gasteiger partial charge in [0, 0.05) is 32.8 Å². The normalized spacial score (nSPS) is 18.7. The number of rotatable bonds is 4. The maximum atomic E-state index is 12.5. The fourth-order valence-electron chi connectivity index (χ4n) is 3.48. The fraction of sp³-hybridized carbons (Fsp3) is 0.500. The Balaban J connectivity index is 1.66. The molecule has 162 valence electrons. The molecule has 1 aromatic carbocycles. The second-order valence-electron chi connectivity index (χ2n) is 6.99. The first-order chi connectivity index (χ1) is 14.4. The number of esters is 2. The molecule has 0 bridgehead atoms. The number of carbonyl (C=O) groups excluding carboxylic acids is 3. The van der Waals surface area contributed by atoms with Gasteiger partial charge in [-0.3, -0.25) is 4.79 Å². The molecule has 2 aliphatic heterocycles. The lowest BCUT2D eigenvalue weighted by Crippen LogP contribution is -2.53. The summed E-state index contributed by atoms with van der Waals surface area (Å²) in [6.45, 7) is 2.81. The predicted octanol–water partition coefficient (Wildman–Crippen LogP) is 1.28. The lowest BCUT2D eigenvalue weighted by atomic mass is 10.1. The Bertz CT molecular complexity index is 832. The van der Waals surface area contributed by atoms with Crippen LogP contribution < -0.4 is 5.32 Å². The van der Waals surface area contributed by atoms with E-state index in [-0.39, 0.29) is 23.1 Å². The second-order valence-corrected chi connectivity index (χ2v) is 7.37. The van der Waals surface area contributed by atoms with Crippen molar-refractivity contribution in [1.29, 1.82) is 0 Å². The number of amides is 1. The van der Waals surface area contributed by atoms with Crippen LogP contribution in [0.2, 0.25) is 0 Å². The van der Waals surface area contributed by atoms with E-state index < -0.39 is 11.9 Å². The molecule has 1 aromatic rings. The number of thiocarbonyl (C=S) groups is 1. The highest BCUT2D eigenvalue weighted by atomic mass is 32.1. The minimum Gasteiger partial charge on any atom is -0.465 e. The van der Waals surface area contributed by atoms with Crippen molar-refractivity contribution in [3.8, 4) is 0 Å². The summed E-state index contributed by atoms with van der Waals surface area (Å²) < 4.78 is 15.0. The summed E-state index contributed by atoms with van der Waals surface area (Å²) in [6, 6.07) is 4.48. The molecule has 0 unspecified atom stereocenters. The van der Waals surface area contributed by atoms with Crippen LogP contribution in [-0.2, 0) is 19.0 Å². The highest BCUT2D eigenvalue weighted by molar-refractivity contribution is 7.80. The number of anilines is 1. The number of piperazine rings is 1. The van der Waals surface area contributed by atoms with Crippen LogP contribution in [0, 0.1) is 0 Å². The van der Waals surface area contributed by atoms with Crippen molar-refractivity contribution in [3.63, 3.8) is 0 Å². The highest BCUT2D eigenvalue weighted by Crippen LogP contribution is 2.21. The largest absolute Gasteiger partial charge is 0.465 e. The van der Waals surface area contributed by atoms with Crippen LogP contribution >= 0.6 is 12.2 Å². The Kier molecular flexibility index (Phi) is 7.22. The summed E-state index contributed by atoms with van der Waals surface area (Å²) in [5.74, 6) is -1.05. The van der Waals surface area contributed by atoms with Gasteiger partial charge in [-0.2, -0.15) is 0 Å². The van der Waals surface area contributed by atoms with Crippen molar-refractivity contribution in [2.45, 2.75) is 18.9 Å². The van der Waals surface area contributed by atoms with Crippen molar-refractivity contribution >= 4 is 40.9 Å². The predicted molar refractivity (Wildman–Crippen MR) is 112 cm³/mol. The molecule has 10 heteroatoms. The molecule has 0 aliphatic carbocycles. The smallest absolute Gasteiger partial charge is 0.339 e. The minimum atomic E-state index is -0.552. The SMILES string of the molecule is COC(=O)c1ccc(C(=O)OC)c(NC(=S)N2CCN(C(=O)[C@@H]3CCCO3)CC2)c1. The number of ether oxygens (including phenoxy) is 3. The first-order valence-electron chi connectivity index (χ1n) is 9.71. The maximum Gasteiger partial charge on any atom is 0.339 e. The standard InChI is InChI=1S/C20H25N3O6S/c1-27-18(25)13-5-6-14(19(26)28-2)15(12-13)21-20(30)23-9-7-22(8-10-23)17(24)16-4-3-11-29-16/h5-6,12,16H,3-4,7-11H2,1-2H3,(H,21,30)/t16-/m0/s1. The van der Waals surface area contributed by atoms with E-state index in [0.29, 0.717) is 43.6 Å². The average molecular weight is 436 g/mol. The average Bonchev–Trinajstić information content (AvgIpc) is 3.32. The quantitative estimate of drug-likeness (QED) is 0.554. The van der Waals surface area contributed by atoms with Gasteiger partial charge in [0.05, 0.1) is 31.0 Å². The van der Waals surface area contributed by atoms with E-state index in [9.17, 15) is 14.4 Å². The summed E-state index contributed by atoms with van der Waals surface area (Å²) >= 11 is 5.51. The van der Waals surface area contributed by atoms with Gasteiger partial charge in [0.1, 0.15) is 6.10 Å². The van der Waals surface area contributed by atoms with Crippen molar-refractivity contribution in [2.24, 2.45) is 0 Å². The van der Waals surface area contributed by atoms with Gasteiger partial charge in [0.2, 0.25) is 0 Å². The third kappa shape index (κ3) is 4.88. The fourth-order valence-corrected chi connectivity index (χ4v) is 3.77. The van der Waals surface area contributed by atoms with E-state index in [0.717, 1.165) is 12.8 Å². The van der Waals surface area contributed by atoms with Crippen LogP contribution in [0.5, 0.6) is 0 Å². The Morgan fingerprint density at radius 2 is 1.73 bits per heavy atom. The first-order valence-corrected chi connectivity index (χ1v) is 10.1. The van der Waals surface area contributed by atoms with E-state index >= 15 is 0 Å². The zero-order valence-corrected chi connectivity index (χ0v) is 17.8. The number of nitrogens with zero attached hydrogens (tertiary/aromatic N) is 2. The van der Waals surface area contributed by atoms with E-state index in [1.807, 2.05) is 4.90 Å². The van der Waals surface area contributed by atoms with Gasteiger partial charge in [0.15, 0.2) is 5.11 Å². The van der Waals surface area contributed by atoms with Crippen LogP contribution in [0.15, 0.2) is 18.2 Å². The monoisotopic (exact) mass is 435 g/mol. The topological polar surface area (TPSA) is 97.4 Å². The summed E-state index contributed by atoms with van der Waals surface area (Å²) in [6.07, 6.45) is 1.36. The molecular formula is C20H25N3O6S. The van der Waals surface area contributed by atoms with E-state index in [1.54, 1.807) is 4.90 Å². The van der Waals surface area contributed by atoms with Crippen LogP contribution in [-0.4, -0.2) is 85.9 Å². The zero-order valence-electron chi connectivity index (χ0n) is 17.0. The van der Waals surface area contributed by atoms with Crippen molar-refractivity contribution < 1.29 is 28.6 Å². The van der Waals surface area contributed by atoms with Gasteiger partial charge in [-0.05, 0) is 43.3 Å². The lowest BCUT2D eigenvalue weighted by Gasteiger charge is -2.37. The maximum absolute atomic E-state index is 12.5. The number of carbonyl (C=O) groups is 3. The van der Waals surface area contributed by atoms with Gasteiger partial charge < -0.3 is 29.3 Å². The van der Waals surface area contributed by atoms with Crippen LogP contribution in [0.4, 0.5) is 5.69 Å². The number of benzene rings is 1. The third-order valence-corrected chi connectivity index (χ3v) is 5.53. The Morgan fingerprint density at radius 1 is 1.07 bits per heavy atom. The number of methoxy groups -OCH3 is 2. The molecular weight excluding hydrogens is 410 g/mol. The molecule has 1 atom stereocenters. The molecule has 9 nitrogen and oxygen atoms in total. The van der Waals surface area contributed by atoms with E-state index in [2.05, 4.69) is 5.32 Å². The van der Waals surface area contributed by atoms with Crippen molar-refractivity contribution in [2.75, 3.05) is 52.3 Å². The van der Waals surface area contributed by atoms with Gasteiger partial charge in [0.25, 0.3) is 5.91 Å². The molecule has 1 N–H and O–H groups in total. The van der Waals surface area contributed by atoms with E-state index in [4.69, 9.17) is 26.4 Å². The number of hydrogen-bond donors (Lipinski definition) is 1. The molecule has 2 aliphatic rings. The summed E-state index contributed by atoms with van der Waals surface area (Å²) in [7, 11) is 2.56. The van der Waals surface area contributed by atoms with Crippen LogP contribution in [0.3, 0.4) is 0 Å². The number of nitrogens with one attached hydrogen (secondary N) is 1. The lowest BCUT2D eigenvalue weighted by molar-refractivity contribution is -0.142. The van der Waals surface area contributed by atoms with Gasteiger partial charge in [-0.1, -0.05) is 0 Å². The Labute approximate surface area is 180 Å². The molecule has 30 heavy (non-hydrogen) atoms. The molecule has 2 heterocycles. The van der Waals surface area contributed by atoms with Gasteiger partial charge >= 0.3 is 11.9 Å². The summed E-state index contributed by atoms with van der Waals surface area (Å²) in [5.41, 5.74) is 0.884. The highest BCUT2D eigenvalue weighted by Gasteiger charge is 2.31. The first kappa shape index (κ1) is 22.0. The van der Waals surface area contributed by atoms with Crippen LogP contribution in [0.25, 0.3) is 0 Å². The van der Waals surface area contributed by atoms with Gasteiger partial charge in [-0.15, -0.1) is 0 Å². The molecule has 1 amide bonds. The van der Waals surface area contributed by atoms with Gasteiger partial charge in [-0.25, -0.2) is 9.59 Å². The van der Waals surface area contributed by atoms with Crippen LogP contribution in [0.1, 0.15) is 33.6 Å². The molecule has 0 radical (unpaired) electrons. The Hall–Kier alpha value is -2.72. The summed E-state index contributed by atoms with van der Waals surface area (Å²) in [5, 5.41) is 3.43. The molecule has 0 saturated carbocycles. The molecule has 2 fully saturated rings. The summed E-state index contributed by atoms with van der Waals surface area (Å²) in [4.78, 5) is 40.2. The molecule has 2 saturated heterocycles. The number of hydrogen-bond acceptors (Lipinski definition) is 7. The molecule has 0 spiro atoms.